The third-order valence-corrected chi connectivity index (χ3v) is 2.87. The number of amides is 1. The predicted octanol–water partition coefficient (Wildman–Crippen LogP) is 0.866. The molecular formula is C13H10FN5O3. The molecule has 112 valence electrons. The molecular weight excluding hydrogens is 293 g/mol. The number of aromatic nitrogens is 4. The fourth-order valence-electron chi connectivity index (χ4n) is 1.90. The number of hydrogen-bond acceptors (Lipinski definition) is 6. The van der Waals surface area contributed by atoms with Crippen molar-refractivity contribution >= 4 is 22.6 Å². The van der Waals surface area contributed by atoms with E-state index in [0.717, 1.165) is 16.8 Å². The molecule has 9 heteroatoms. The molecule has 0 saturated heterocycles. The van der Waals surface area contributed by atoms with E-state index in [1.807, 2.05) is 0 Å². The van der Waals surface area contributed by atoms with Crippen molar-refractivity contribution in [2.24, 2.45) is 0 Å². The standard InChI is InChI=1S/C13H10FN5O3/c1-7-4-11(17-22-7)15-12(20)6-19-13(21)9-3-2-8(14)5-10(9)16-18-19/h2-5H,6H2,1H3,(H,15,17,20). The fourth-order valence-corrected chi connectivity index (χ4v) is 1.90. The summed E-state index contributed by atoms with van der Waals surface area (Å²) in [7, 11) is 0. The molecule has 0 atom stereocenters. The Morgan fingerprint density at radius 3 is 2.95 bits per heavy atom. The van der Waals surface area contributed by atoms with E-state index in [1.165, 1.54) is 12.1 Å². The molecule has 3 rings (SSSR count). The minimum Gasteiger partial charge on any atom is -0.360 e. The average molecular weight is 303 g/mol. The van der Waals surface area contributed by atoms with Crippen molar-refractivity contribution in [2.45, 2.75) is 13.5 Å². The van der Waals surface area contributed by atoms with Gasteiger partial charge in [0.15, 0.2) is 5.82 Å². The van der Waals surface area contributed by atoms with Gasteiger partial charge in [0.05, 0.1) is 5.39 Å². The van der Waals surface area contributed by atoms with Gasteiger partial charge in [0, 0.05) is 12.1 Å². The number of hydrogen-bond donors (Lipinski definition) is 1. The van der Waals surface area contributed by atoms with Crippen LogP contribution in [0.15, 0.2) is 33.6 Å². The number of benzene rings is 1. The number of nitrogens with zero attached hydrogens (tertiary/aromatic N) is 4. The van der Waals surface area contributed by atoms with E-state index in [0.29, 0.717) is 5.76 Å². The Labute approximate surface area is 122 Å². The van der Waals surface area contributed by atoms with E-state index < -0.39 is 17.3 Å². The summed E-state index contributed by atoms with van der Waals surface area (Å²) in [5.74, 6) is -0.240. The Balaban J connectivity index is 1.84. The molecule has 1 amide bonds. The highest BCUT2D eigenvalue weighted by atomic mass is 19.1. The first-order valence-corrected chi connectivity index (χ1v) is 6.29. The minimum atomic E-state index is -0.531. The molecule has 0 unspecified atom stereocenters. The van der Waals surface area contributed by atoms with Gasteiger partial charge in [0.1, 0.15) is 23.6 Å². The van der Waals surface area contributed by atoms with Gasteiger partial charge in [0.25, 0.3) is 5.56 Å². The maximum atomic E-state index is 13.1. The van der Waals surface area contributed by atoms with Crippen molar-refractivity contribution in [3.63, 3.8) is 0 Å². The molecule has 0 radical (unpaired) electrons. The molecule has 0 aliphatic carbocycles. The summed E-state index contributed by atoms with van der Waals surface area (Å²) in [5, 5.41) is 13.6. The van der Waals surface area contributed by atoms with Crippen LogP contribution in [0.25, 0.3) is 10.9 Å². The third kappa shape index (κ3) is 2.68. The molecule has 1 aromatic carbocycles. The second-order valence-electron chi connectivity index (χ2n) is 4.58. The molecule has 2 heterocycles. The van der Waals surface area contributed by atoms with Gasteiger partial charge >= 0.3 is 0 Å². The number of carbonyl (C=O) groups excluding carboxylic acids is 1. The van der Waals surface area contributed by atoms with Crippen molar-refractivity contribution in [3.8, 4) is 0 Å². The van der Waals surface area contributed by atoms with Gasteiger partial charge in [-0.25, -0.2) is 9.07 Å². The normalized spacial score (nSPS) is 10.8. The van der Waals surface area contributed by atoms with Crippen LogP contribution in [-0.2, 0) is 11.3 Å². The predicted molar refractivity (Wildman–Crippen MR) is 73.6 cm³/mol. The van der Waals surface area contributed by atoms with Gasteiger partial charge in [-0.2, -0.15) is 0 Å². The Bertz CT molecular complexity index is 917. The smallest absolute Gasteiger partial charge is 0.278 e. The number of nitrogens with one attached hydrogen (secondary N) is 1. The van der Waals surface area contributed by atoms with Crippen LogP contribution in [0.3, 0.4) is 0 Å². The van der Waals surface area contributed by atoms with E-state index in [1.54, 1.807) is 6.92 Å². The minimum absolute atomic E-state index is 0.133. The maximum absolute atomic E-state index is 13.1. The van der Waals surface area contributed by atoms with Crippen LogP contribution >= 0.6 is 0 Å². The van der Waals surface area contributed by atoms with E-state index in [2.05, 4.69) is 20.8 Å². The zero-order chi connectivity index (χ0) is 15.7. The first-order valence-electron chi connectivity index (χ1n) is 6.29. The highest BCUT2D eigenvalue weighted by Crippen LogP contribution is 2.08. The van der Waals surface area contributed by atoms with Crippen molar-refractivity contribution in [1.29, 1.82) is 0 Å². The summed E-state index contributed by atoms with van der Waals surface area (Å²) >= 11 is 0. The monoisotopic (exact) mass is 303 g/mol. The van der Waals surface area contributed by atoms with Crippen molar-refractivity contribution < 1.29 is 13.7 Å². The van der Waals surface area contributed by atoms with Gasteiger partial charge < -0.3 is 9.84 Å². The lowest BCUT2D eigenvalue weighted by atomic mass is 10.2. The van der Waals surface area contributed by atoms with Gasteiger partial charge in [0.2, 0.25) is 5.91 Å². The van der Waals surface area contributed by atoms with Crippen LogP contribution in [0.4, 0.5) is 10.2 Å². The number of anilines is 1. The van der Waals surface area contributed by atoms with Crippen LogP contribution in [-0.4, -0.2) is 26.1 Å². The van der Waals surface area contributed by atoms with Gasteiger partial charge in [-0.05, 0) is 19.1 Å². The molecule has 0 aliphatic rings. The summed E-state index contributed by atoms with van der Waals surface area (Å²) in [5.41, 5.74) is -0.398. The molecule has 0 bridgehead atoms. The Morgan fingerprint density at radius 1 is 1.41 bits per heavy atom. The second kappa shape index (κ2) is 5.35. The largest absolute Gasteiger partial charge is 0.360 e. The van der Waals surface area contributed by atoms with E-state index in [4.69, 9.17) is 4.52 Å². The Hall–Kier alpha value is -3.10. The molecule has 0 aliphatic heterocycles. The molecule has 8 nitrogen and oxygen atoms in total. The fraction of sp³-hybridized carbons (Fsp3) is 0.154. The molecule has 0 spiro atoms. The average Bonchev–Trinajstić information content (AvgIpc) is 2.87. The van der Waals surface area contributed by atoms with E-state index >= 15 is 0 Å². The first-order chi connectivity index (χ1) is 10.5. The van der Waals surface area contributed by atoms with Crippen molar-refractivity contribution in [2.75, 3.05) is 5.32 Å². The lowest BCUT2D eigenvalue weighted by Gasteiger charge is -2.04. The lowest BCUT2D eigenvalue weighted by molar-refractivity contribution is -0.117. The van der Waals surface area contributed by atoms with Gasteiger partial charge in [-0.1, -0.05) is 10.4 Å². The van der Waals surface area contributed by atoms with Gasteiger partial charge in [-0.15, -0.1) is 5.10 Å². The van der Waals surface area contributed by atoms with Gasteiger partial charge in [-0.3, -0.25) is 9.59 Å². The number of halogens is 1. The molecule has 3 aromatic rings. The summed E-state index contributed by atoms with van der Waals surface area (Å²) < 4.78 is 18.8. The number of fused-ring (bicyclic) bond motifs is 1. The third-order valence-electron chi connectivity index (χ3n) is 2.87. The summed E-state index contributed by atoms with van der Waals surface area (Å²) in [6, 6.07) is 5.09. The zero-order valence-corrected chi connectivity index (χ0v) is 11.4. The first kappa shape index (κ1) is 13.9. The quantitative estimate of drug-likeness (QED) is 0.770. The van der Waals surface area contributed by atoms with Crippen LogP contribution in [0, 0.1) is 12.7 Å². The zero-order valence-electron chi connectivity index (χ0n) is 11.4. The summed E-state index contributed by atoms with van der Waals surface area (Å²) in [6.07, 6.45) is 0. The Kier molecular flexibility index (Phi) is 3.37. The number of carbonyl (C=O) groups is 1. The maximum Gasteiger partial charge on any atom is 0.278 e. The molecule has 22 heavy (non-hydrogen) atoms. The van der Waals surface area contributed by atoms with Crippen LogP contribution in [0.1, 0.15) is 5.76 Å². The molecule has 2 aromatic heterocycles. The van der Waals surface area contributed by atoms with Crippen LogP contribution < -0.4 is 10.9 Å². The van der Waals surface area contributed by atoms with Crippen LogP contribution in [0.2, 0.25) is 0 Å². The van der Waals surface area contributed by atoms with Crippen molar-refractivity contribution in [3.05, 3.63) is 46.2 Å². The molecule has 0 fully saturated rings. The topological polar surface area (TPSA) is 103 Å². The molecule has 0 saturated carbocycles. The van der Waals surface area contributed by atoms with Crippen LogP contribution in [0.5, 0.6) is 0 Å². The highest BCUT2D eigenvalue weighted by Gasteiger charge is 2.11. The van der Waals surface area contributed by atoms with E-state index in [9.17, 15) is 14.0 Å². The SMILES string of the molecule is Cc1cc(NC(=O)Cn2nnc3cc(F)ccc3c2=O)no1. The van der Waals surface area contributed by atoms with E-state index in [-0.39, 0.29) is 23.3 Å². The number of rotatable bonds is 3. The number of aryl methyl sites for hydroxylation is 1. The lowest BCUT2D eigenvalue weighted by Crippen LogP contribution is -2.30. The van der Waals surface area contributed by atoms with Crippen molar-refractivity contribution in [1.82, 2.24) is 20.2 Å². The highest BCUT2D eigenvalue weighted by molar-refractivity contribution is 5.89. The molecule has 1 N–H and O–H groups in total. The Morgan fingerprint density at radius 2 is 2.23 bits per heavy atom. The summed E-state index contributed by atoms with van der Waals surface area (Å²) in [6.45, 7) is 1.34. The summed E-state index contributed by atoms with van der Waals surface area (Å²) in [4.78, 5) is 24.0. The second-order valence-corrected chi connectivity index (χ2v) is 4.58.